The Balaban J connectivity index is 2.06. The summed E-state index contributed by atoms with van der Waals surface area (Å²) in [7, 11) is 0. The van der Waals surface area contributed by atoms with E-state index in [-0.39, 0.29) is 18.6 Å². The van der Waals surface area contributed by atoms with Gasteiger partial charge in [-0.1, -0.05) is 0 Å². The fraction of sp³-hybridized carbons (Fsp3) is 1.00. The molecule has 2 saturated heterocycles. The smallest absolute Gasteiger partial charge is 0.166 e. The van der Waals surface area contributed by atoms with Crippen molar-refractivity contribution in [3.8, 4) is 0 Å². The quantitative estimate of drug-likeness (QED) is 0.467. The Kier molecular flexibility index (Phi) is 2.29. The summed E-state index contributed by atoms with van der Waals surface area (Å²) in [6, 6.07) is 0. The Hall–Kier alpha value is -0.200. The maximum atomic E-state index is 9.62. The van der Waals surface area contributed by atoms with Gasteiger partial charge >= 0.3 is 0 Å². The molecule has 0 aliphatic carbocycles. The van der Waals surface area contributed by atoms with Crippen LogP contribution in [0.25, 0.3) is 0 Å². The van der Waals surface area contributed by atoms with Crippen LogP contribution < -0.4 is 0 Å². The lowest BCUT2D eigenvalue weighted by atomic mass is 9.83. The summed E-state index contributed by atoms with van der Waals surface area (Å²) in [6.07, 6.45) is -3.17. The van der Waals surface area contributed by atoms with Crippen LogP contribution in [-0.4, -0.2) is 52.6 Å². The van der Waals surface area contributed by atoms with Gasteiger partial charge in [-0.3, -0.25) is 0 Å². The second kappa shape index (κ2) is 3.18. The summed E-state index contributed by atoms with van der Waals surface area (Å²) in [4.78, 5) is 0. The molecule has 5 nitrogen and oxygen atoms in total. The number of aliphatic hydroxyl groups excluding tert-OH is 3. The highest BCUT2D eigenvalue weighted by atomic mass is 16.7. The summed E-state index contributed by atoms with van der Waals surface area (Å²) in [5.41, 5.74) is 0. The fourth-order valence-corrected chi connectivity index (χ4v) is 1.94. The van der Waals surface area contributed by atoms with Crippen LogP contribution in [0, 0.1) is 5.92 Å². The third-order valence-corrected chi connectivity index (χ3v) is 2.82. The number of hydrogen-bond donors (Lipinski definition) is 3. The normalized spacial score (nSPS) is 55.4. The molecule has 6 unspecified atom stereocenters. The minimum Gasteiger partial charge on any atom is -0.394 e. The van der Waals surface area contributed by atoms with Crippen molar-refractivity contribution in [1.29, 1.82) is 0 Å². The van der Waals surface area contributed by atoms with Crippen LogP contribution in [-0.2, 0) is 9.47 Å². The summed E-state index contributed by atoms with van der Waals surface area (Å²) >= 11 is 0. The van der Waals surface area contributed by atoms with Gasteiger partial charge in [0.1, 0.15) is 12.2 Å². The Morgan fingerprint density at radius 2 is 1.85 bits per heavy atom. The van der Waals surface area contributed by atoms with Crippen LogP contribution in [0.15, 0.2) is 0 Å². The molecule has 0 amide bonds. The van der Waals surface area contributed by atoms with E-state index in [1.165, 1.54) is 0 Å². The van der Waals surface area contributed by atoms with E-state index in [1.54, 1.807) is 0 Å². The maximum Gasteiger partial charge on any atom is 0.166 e. The largest absolute Gasteiger partial charge is 0.394 e. The third kappa shape index (κ3) is 1.28. The average molecular weight is 190 g/mol. The first-order chi connectivity index (χ1) is 6.15. The molecule has 76 valence electrons. The van der Waals surface area contributed by atoms with Crippen molar-refractivity contribution in [2.75, 3.05) is 6.61 Å². The zero-order valence-electron chi connectivity index (χ0n) is 7.33. The molecule has 2 fully saturated rings. The molecule has 0 aromatic heterocycles. The first-order valence-electron chi connectivity index (χ1n) is 4.43. The number of hydrogen-bond acceptors (Lipinski definition) is 5. The number of aliphatic hydroxyl groups is 3. The molecule has 0 aromatic rings. The molecule has 2 rings (SSSR count). The van der Waals surface area contributed by atoms with Crippen LogP contribution >= 0.6 is 0 Å². The number of fused-ring (bicyclic) bond motifs is 1. The molecule has 3 N–H and O–H groups in total. The molecule has 5 heteroatoms. The third-order valence-electron chi connectivity index (χ3n) is 2.82. The van der Waals surface area contributed by atoms with Gasteiger partial charge in [0.05, 0.1) is 24.7 Å². The van der Waals surface area contributed by atoms with Crippen molar-refractivity contribution in [3.05, 3.63) is 0 Å². The van der Waals surface area contributed by atoms with Crippen molar-refractivity contribution in [3.63, 3.8) is 0 Å². The lowest BCUT2D eigenvalue weighted by Crippen LogP contribution is -2.65. The molecular weight excluding hydrogens is 176 g/mol. The highest BCUT2D eigenvalue weighted by Gasteiger charge is 2.53. The topological polar surface area (TPSA) is 79.2 Å². The molecule has 2 aliphatic heterocycles. The predicted molar refractivity (Wildman–Crippen MR) is 41.8 cm³/mol. The van der Waals surface area contributed by atoms with Gasteiger partial charge in [-0.15, -0.1) is 0 Å². The standard InChI is InChI=1S/C8H14O5/c1-3-5-7(11)6(10)4(2-9)13-8(5)12-3/h3-11H,2H2,1H3. The van der Waals surface area contributed by atoms with Crippen LogP contribution in [0.2, 0.25) is 0 Å². The van der Waals surface area contributed by atoms with E-state index in [9.17, 15) is 10.2 Å². The highest BCUT2D eigenvalue weighted by molar-refractivity contribution is 4.96. The van der Waals surface area contributed by atoms with Gasteiger partial charge in [0.2, 0.25) is 0 Å². The Morgan fingerprint density at radius 3 is 2.38 bits per heavy atom. The second-order valence-electron chi connectivity index (χ2n) is 3.63. The van der Waals surface area contributed by atoms with Crippen LogP contribution in [0.1, 0.15) is 6.92 Å². The molecule has 13 heavy (non-hydrogen) atoms. The SMILES string of the molecule is CC1OC2OC(CO)C(O)C(O)C12. The summed E-state index contributed by atoms with van der Waals surface area (Å²) in [5.74, 6) is -0.169. The molecular formula is C8H14O5. The van der Waals surface area contributed by atoms with Gasteiger partial charge in [-0.25, -0.2) is 0 Å². The monoisotopic (exact) mass is 190 g/mol. The van der Waals surface area contributed by atoms with E-state index in [0.717, 1.165) is 0 Å². The van der Waals surface area contributed by atoms with Gasteiger partial charge in [-0.05, 0) is 6.92 Å². The predicted octanol–water partition coefficient (Wildman–Crippen LogP) is -1.54. The lowest BCUT2D eigenvalue weighted by molar-refractivity contribution is -0.376. The summed E-state index contributed by atoms with van der Waals surface area (Å²) in [6.45, 7) is 1.51. The van der Waals surface area contributed by atoms with Crippen molar-refractivity contribution in [2.45, 2.75) is 37.6 Å². The lowest BCUT2D eigenvalue weighted by Gasteiger charge is -2.51. The first kappa shape index (κ1) is 9.36. The molecule has 0 aromatic carbocycles. The Morgan fingerprint density at radius 1 is 1.15 bits per heavy atom. The van der Waals surface area contributed by atoms with Crippen LogP contribution in [0.3, 0.4) is 0 Å². The van der Waals surface area contributed by atoms with Gasteiger partial charge < -0.3 is 24.8 Å². The number of rotatable bonds is 1. The Bertz CT molecular complexity index is 197. The number of ether oxygens (including phenoxy) is 2. The van der Waals surface area contributed by atoms with Gasteiger partial charge in [0.15, 0.2) is 6.29 Å². The molecule has 0 radical (unpaired) electrons. The van der Waals surface area contributed by atoms with Gasteiger partial charge in [0, 0.05) is 0 Å². The zero-order valence-corrected chi connectivity index (χ0v) is 7.33. The van der Waals surface area contributed by atoms with E-state index < -0.39 is 24.6 Å². The van der Waals surface area contributed by atoms with Crippen molar-refractivity contribution in [1.82, 2.24) is 0 Å². The van der Waals surface area contributed by atoms with Crippen LogP contribution in [0.5, 0.6) is 0 Å². The van der Waals surface area contributed by atoms with Crippen molar-refractivity contribution in [2.24, 2.45) is 5.92 Å². The second-order valence-corrected chi connectivity index (χ2v) is 3.63. The summed E-state index contributed by atoms with van der Waals surface area (Å²) < 4.78 is 10.4. The van der Waals surface area contributed by atoms with Crippen molar-refractivity contribution < 1.29 is 24.8 Å². The average Bonchev–Trinajstić information content (AvgIpc) is 2.09. The molecule has 0 saturated carbocycles. The van der Waals surface area contributed by atoms with E-state index in [1.807, 2.05) is 6.92 Å². The van der Waals surface area contributed by atoms with Crippen molar-refractivity contribution >= 4 is 0 Å². The van der Waals surface area contributed by atoms with E-state index in [0.29, 0.717) is 0 Å². The minimum absolute atomic E-state index is 0.0886. The van der Waals surface area contributed by atoms with E-state index >= 15 is 0 Å². The van der Waals surface area contributed by atoms with E-state index in [4.69, 9.17) is 14.6 Å². The fourth-order valence-electron chi connectivity index (χ4n) is 1.94. The Labute approximate surface area is 75.9 Å². The molecule has 0 spiro atoms. The highest BCUT2D eigenvalue weighted by Crippen LogP contribution is 2.38. The van der Waals surface area contributed by atoms with Gasteiger partial charge in [-0.2, -0.15) is 0 Å². The zero-order chi connectivity index (χ0) is 9.59. The summed E-state index contributed by atoms with van der Waals surface area (Å²) in [5, 5.41) is 27.9. The maximum absolute atomic E-state index is 9.62. The van der Waals surface area contributed by atoms with E-state index in [2.05, 4.69) is 0 Å². The molecule has 2 aliphatic rings. The minimum atomic E-state index is -1.02. The molecule has 0 bridgehead atoms. The van der Waals surface area contributed by atoms with Crippen LogP contribution in [0.4, 0.5) is 0 Å². The molecule has 6 atom stereocenters. The van der Waals surface area contributed by atoms with Gasteiger partial charge in [0.25, 0.3) is 0 Å². The first-order valence-corrected chi connectivity index (χ1v) is 4.43. The molecule has 2 heterocycles.